The molecule has 0 saturated heterocycles. The highest BCUT2D eigenvalue weighted by Gasteiger charge is 2.16. The van der Waals surface area contributed by atoms with Crippen molar-refractivity contribution < 1.29 is 0 Å². The molecule has 1 aliphatic heterocycles. The summed E-state index contributed by atoms with van der Waals surface area (Å²) in [6.07, 6.45) is 2.12. The van der Waals surface area contributed by atoms with Gasteiger partial charge in [-0.15, -0.1) is 0 Å². The van der Waals surface area contributed by atoms with Gasteiger partial charge in [-0.25, -0.2) is 0 Å². The molecule has 1 aliphatic rings. The lowest BCUT2D eigenvalue weighted by Crippen LogP contribution is -2.26. The van der Waals surface area contributed by atoms with E-state index in [0.29, 0.717) is 10.7 Å². The molecule has 0 aliphatic carbocycles. The topological polar surface area (TPSA) is 29.3 Å². The lowest BCUT2D eigenvalue weighted by Gasteiger charge is -2.24. The van der Waals surface area contributed by atoms with Gasteiger partial charge in [-0.1, -0.05) is 41.9 Å². The second-order valence-corrected chi connectivity index (χ2v) is 5.34. The predicted octanol–water partition coefficient (Wildman–Crippen LogP) is 3.53. The van der Waals surface area contributed by atoms with Gasteiger partial charge in [-0.3, -0.25) is 0 Å². The maximum atomic E-state index is 6.11. The van der Waals surface area contributed by atoms with Crippen molar-refractivity contribution in [3.8, 4) is 0 Å². The van der Waals surface area contributed by atoms with Gasteiger partial charge in [-0.05, 0) is 36.1 Å². The molecule has 3 rings (SSSR count). The van der Waals surface area contributed by atoms with Crippen molar-refractivity contribution >= 4 is 23.0 Å². The van der Waals surface area contributed by atoms with Gasteiger partial charge in [0.05, 0.1) is 16.4 Å². The molecule has 2 N–H and O–H groups in total. The predicted molar refractivity (Wildman–Crippen MR) is 81.9 cm³/mol. The lowest BCUT2D eigenvalue weighted by molar-refractivity contribution is 0.807. The van der Waals surface area contributed by atoms with Crippen LogP contribution < -0.4 is 10.6 Å². The summed E-state index contributed by atoms with van der Waals surface area (Å²) in [5, 5.41) is 0.638. The molecule has 19 heavy (non-hydrogen) atoms. The van der Waals surface area contributed by atoms with Crippen LogP contribution in [0, 0.1) is 0 Å². The molecule has 2 nitrogen and oxygen atoms in total. The van der Waals surface area contributed by atoms with Crippen molar-refractivity contribution in [2.24, 2.45) is 0 Å². The molecule has 0 spiro atoms. The number of anilines is 2. The molecule has 0 bridgehead atoms. The molecule has 2 aromatic rings. The molecular weight excluding hydrogens is 256 g/mol. The van der Waals surface area contributed by atoms with Crippen LogP contribution in [-0.2, 0) is 12.8 Å². The molecule has 2 aromatic carbocycles. The standard InChI is InChI=1S/C16H17ClN2/c17-14-6-3-7-15(16(14)18)19-10-8-12-4-1-2-5-13(12)9-11-19/h1-7H,8-11,18H2. The van der Waals surface area contributed by atoms with E-state index in [-0.39, 0.29) is 0 Å². The first-order chi connectivity index (χ1) is 9.25. The van der Waals surface area contributed by atoms with Crippen LogP contribution in [0.15, 0.2) is 42.5 Å². The van der Waals surface area contributed by atoms with E-state index >= 15 is 0 Å². The van der Waals surface area contributed by atoms with Gasteiger partial charge in [0, 0.05) is 13.1 Å². The maximum Gasteiger partial charge on any atom is 0.0741 e. The van der Waals surface area contributed by atoms with Gasteiger partial charge in [0.1, 0.15) is 0 Å². The Balaban J connectivity index is 1.88. The summed E-state index contributed by atoms with van der Waals surface area (Å²) in [7, 11) is 0. The summed E-state index contributed by atoms with van der Waals surface area (Å²) < 4.78 is 0. The van der Waals surface area contributed by atoms with Crippen molar-refractivity contribution in [1.82, 2.24) is 0 Å². The van der Waals surface area contributed by atoms with Crippen molar-refractivity contribution in [2.75, 3.05) is 23.7 Å². The highest BCUT2D eigenvalue weighted by molar-refractivity contribution is 6.33. The van der Waals surface area contributed by atoms with E-state index in [9.17, 15) is 0 Å². The number of para-hydroxylation sites is 1. The summed E-state index contributed by atoms with van der Waals surface area (Å²) in [6, 6.07) is 14.5. The minimum absolute atomic E-state index is 0.638. The van der Waals surface area contributed by atoms with E-state index in [2.05, 4.69) is 35.2 Å². The number of hydrogen-bond acceptors (Lipinski definition) is 2. The van der Waals surface area contributed by atoms with Crippen molar-refractivity contribution in [3.63, 3.8) is 0 Å². The highest BCUT2D eigenvalue weighted by Crippen LogP contribution is 2.31. The molecule has 0 amide bonds. The lowest BCUT2D eigenvalue weighted by atomic mass is 10.0. The van der Waals surface area contributed by atoms with Crippen molar-refractivity contribution in [2.45, 2.75) is 12.8 Å². The fraction of sp³-hybridized carbons (Fsp3) is 0.250. The Labute approximate surface area is 118 Å². The van der Waals surface area contributed by atoms with E-state index in [1.54, 1.807) is 0 Å². The van der Waals surface area contributed by atoms with Gasteiger partial charge in [-0.2, -0.15) is 0 Å². The third kappa shape index (κ3) is 2.41. The fourth-order valence-electron chi connectivity index (χ4n) is 2.71. The van der Waals surface area contributed by atoms with Crippen LogP contribution in [0.2, 0.25) is 5.02 Å². The fourth-order valence-corrected chi connectivity index (χ4v) is 2.88. The van der Waals surface area contributed by atoms with Crippen LogP contribution in [-0.4, -0.2) is 13.1 Å². The Kier molecular flexibility index (Phi) is 3.34. The summed E-state index contributed by atoms with van der Waals surface area (Å²) in [5.41, 5.74) is 10.7. The summed E-state index contributed by atoms with van der Waals surface area (Å²) in [6.45, 7) is 1.98. The minimum atomic E-state index is 0.638. The average Bonchev–Trinajstić information content (AvgIpc) is 2.65. The van der Waals surface area contributed by atoms with Gasteiger partial charge in [0.15, 0.2) is 0 Å². The molecular formula is C16H17ClN2. The number of halogens is 1. The number of benzene rings is 2. The van der Waals surface area contributed by atoms with Crippen LogP contribution in [0.3, 0.4) is 0 Å². The maximum absolute atomic E-state index is 6.11. The second-order valence-electron chi connectivity index (χ2n) is 4.93. The summed E-state index contributed by atoms with van der Waals surface area (Å²) in [5.74, 6) is 0. The van der Waals surface area contributed by atoms with Crippen molar-refractivity contribution in [3.05, 3.63) is 58.6 Å². The smallest absolute Gasteiger partial charge is 0.0741 e. The average molecular weight is 273 g/mol. The summed E-state index contributed by atoms with van der Waals surface area (Å²) >= 11 is 6.11. The molecule has 0 fully saturated rings. The Morgan fingerprint density at radius 1 is 0.895 bits per heavy atom. The Bertz CT molecular complexity index is 568. The third-order valence-electron chi connectivity index (χ3n) is 3.79. The van der Waals surface area contributed by atoms with Crippen LogP contribution in [0.1, 0.15) is 11.1 Å². The number of nitrogen functional groups attached to an aromatic ring is 1. The van der Waals surface area contributed by atoms with Gasteiger partial charge in [0.2, 0.25) is 0 Å². The van der Waals surface area contributed by atoms with Crippen LogP contribution >= 0.6 is 11.6 Å². The van der Waals surface area contributed by atoms with Gasteiger partial charge in [0.25, 0.3) is 0 Å². The first-order valence-electron chi connectivity index (χ1n) is 6.61. The van der Waals surface area contributed by atoms with E-state index in [0.717, 1.165) is 31.6 Å². The minimum Gasteiger partial charge on any atom is -0.396 e. The third-order valence-corrected chi connectivity index (χ3v) is 4.12. The second kappa shape index (κ2) is 5.14. The zero-order chi connectivity index (χ0) is 13.2. The Morgan fingerprint density at radius 2 is 1.53 bits per heavy atom. The summed E-state index contributed by atoms with van der Waals surface area (Å²) in [4.78, 5) is 2.33. The Hall–Kier alpha value is -1.67. The molecule has 0 unspecified atom stereocenters. The van der Waals surface area contributed by atoms with E-state index in [1.165, 1.54) is 11.1 Å². The van der Waals surface area contributed by atoms with Crippen molar-refractivity contribution in [1.29, 1.82) is 0 Å². The van der Waals surface area contributed by atoms with Crippen LogP contribution in [0.5, 0.6) is 0 Å². The van der Waals surface area contributed by atoms with Gasteiger partial charge >= 0.3 is 0 Å². The van der Waals surface area contributed by atoms with Crippen LogP contribution in [0.4, 0.5) is 11.4 Å². The molecule has 98 valence electrons. The number of fused-ring (bicyclic) bond motifs is 1. The zero-order valence-corrected chi connectivity index (χ0v) is 11.5. The van der Waals surface area contributed by atoms with E-state index in [1.807, 2.05) is 12.1 Å². The SMILES string of the molecule is Nc1c(Cl)cccc1N1CCc2ccccc2CC1. The number of hydrogen-bond donors (Lipinski definition) is 1. The molecule has 0 saturated carbocycles. The largest absolute Gasteiger partial charge is 0.396 e. The molecule has 0 radical (unpaired) electrons. The number of nitrogens with zero attached hydrogens (tertiary/aromatic N) is 1. The van der Waals surface area contributed by atoms with Crippen LogP contribution in [0.25, 0.3) is 0 Å². The first-order valence-corrected chi connectivity index (χ1v) is 6.99. The normalized spacial score (nSPS) is 14.9. The molecule has 1 heterocycles. The quantitative estimate of drug-likeness (QED) is 0.805. The van der Waals surface area contributed by atoms with E-state index < -0.39 is 0 Å². The zero-order valence-electron chi connectivity index (χ0n) is 10.8. The highest BCUT2D eigenvalue weighted by atomic mass is 35.5. The number of nitrogens with two attached hydrogens (primary N) is 1. The molecule has 3 heteroatoms. The Morgan fingerprint density at radius 3 is 2.16 bits per heavy atom. The van der Waals surface area contributed by atoms with E-state index in [4.69, 9.17) is 17.3 Å². The van der Waals surface area contributed by atoms with Gasteiger partial charge < -0.3 is 10.6 Å². The molecule has 0 atom stereocenters. The monoisotopic (exact) mass is 272 g/mol. The molecule has 0 aromatic heterocycles. The first kappa shape index (κ1) is 12.4. The number of rotatable bonds is 1.